The molecule has 0 saturated carbocycles. The average molecular weight is 477 g/mol. The lowest BCUT2D eigenvalue weighted by atomic mass is 9.98. The lowest BCUT2D eigenvalue weighted by Gasteiger charge is -2.14. The van der Waals surface area contributed by atoms with Gasteiger partial charge in [0.1, 0.15) is 12.4 Å². The van der Waals surface area contributed by atoms with E-state index in [1.807, 2.05) is 24.3 Å². The van der Waals surface area contributed by atoms with Crippen molar-refractivity contribution in [2.24, 2.45) is 0 Å². The Labute approximate surface area is 201 Å². The van der Waals surface area contributed by atoms with Crippen LogP contribution in [0.5, 0.6) is 0 Å². The second-order valence-electron chi connectivity index (χ2n) is 8.26. The number of anilines is 1. The minimum absolute atomic E-state index is 0.0122. The lowest BCUT2D eigenvalue weighted by Crippen LogP contribution is -2.27. The molecule has 3 aromatic rings. The van der Waals surface area contributed by atoms with Crippen molar-refractivity contribution in [3.8, 4) is 11.1 Å². The fraction of sp³-hybridized carbons (Fsp3) is 0.222. The van der Waals surface area contributed by atoms with Gasteiger partial charge >= 0.3 is 12.1 Å². The molecule has 7 nitrogen and oxygen atoms in total. The van der Waals surface area contributed by atoms with Crippen molar-refractivity contribution in [3.05, 3.63) is 89.2 Å². The van der Waals surface area contributed by atoms with Gasteiger partial charge in [-0.3, -0.25) is 4.79 Å². The van der Waals surface area contributed by atoms with Gasteiger partial charge in [0, 0.05) is 18.9 Å². The van der Waals surface area contributed by atoms with Gasteiger partial charge in [-0.1, -0.05) is 48.5 Å². The number of amides is 2. The molecule has 0 aromatic heterocycles. The van der Waals surface area contributed by atoms with Crippen molar-refractivity contribution < 1.29 is 28.6 Å². The number of carboxylic acid groups (broad SMARTS) is 1. The molecule has 1 aliphatic rings. The third kappa shape index (κ3) is 5.66. The molecule has 3 aromatic carbocycles. The molecule has 4 rings (SSSR count). The van der Waals surface area contributed by atoms with Gasteiger partial charge in [0.15, 0.2) is 0 Å². The van der Waals surface area contributed by atoms with Gasteiger partial charge in [0.25, 0.3) is 0 Å². The van der Waals surface area contributed by atoms with Gasteiger partial charge in [-0.2, -0.15) is 0 Å². The van der Waals surface area contributed by atoms with Gasteiger partial charge in [0.2, 0.25) is 5.91 Å². The van der Waals surface area contributed by atoms with Crippen LogP contribution in [-0.4, -0.2) is 36.2 Å². The van der Waals surface area contributed by atoms with Crippen LogP contribution in [0.1, 0.15) is 46.7 Å². The number of hydrogen-bond donors (Lipinski definition) is 3. The summed E-state index contributed by atoms with van der Waals surface area (Å²) in [4.78, 5) is 35.1. The van der Waals surface area contributed by atoms with Gasteiger partial charge < -0.3 is 20.5 Å². The first-order valence-corrected chi connectivity index (χ1v) is 11.4. The van der Waals surface area contributed by atoms with E-state index in [0.29, 0.717) is 19.4 Å². The minimum Gasteiger partial charge on any atom is -0.478 e. The number of rotatable bonds is 9. The molecule has 0 fully saturated rings. The monoisotopic (exact) mass is 476 g/mol. The highest BCUT2D eigenvalue weighted by Gasteiger charge is 2.28. The number of alkyl carbamates (subject to hydrolysis) is 1. The van der Waals surface area contributed by atoms with Crippen LogP contribution >= 0.6 is 0 Å². The first-order valence-electron chi connectivity index (χ1n) is 11.4. The molecule has 35 heavy (non-hydrogen) atoms. The summed E-state index contributed by atoms with van der Waals surface area (Å²) in [5.41, 5.74) is 4.33. The number of benzene rings is 3. The Bertz CT molecular complexity index is 1210. The topological polar surface area (TPSA) is 105 Å². The number of aromatic carboxylic acids is 1. The van der Waals surface area contributed by atoms with Gasteiger partial charge in [-0.05, 0) is 53.3 Å². The number of fused-ring (bicyclic) bond motifs is 3. The maximum absolute atomic E-state index is 13.9. The summed E-state index contributed by atoms with van der Waals surface area (Å²) in [6, 6.07) is 19.5. The number of ether oxygens (including phenoxy) is 1. The third-order valence-electron chi connectivity index (χ3n) is 5.93. The lowest BCUT2D eigenvalue weighted by molar-refractivity contribution is -0.116. The van der Waals surface area contributed by atoms with Gasteiger partial charge in [-0.15, -0.1) is 0 Å². The van der Waals surface area contributed by atoms with Crippen LogP contribution in [0.15, 0.2) is 66.7 Å². The summed E-state index contributed by atoms with van der Waals surface area (Å²) in [5, 5.41) is 14.0. The first-order chi connectivity index (χ1) is 16.9. The molecular weight excluding hydrogens is 451 g/mol. The van der Waals surface area contributed by atoms with E-state index in [4.69, 9.17) is 9.84 Å². The molecule has 0 saturated heterocycles. The predicted octanol–water partition coefficient (Wildman–Crippen LogP) is 5.17. The van der Waals surface area contributed by atoms with E-state index in [9.17, 15) is 18.8 Å². The fourth-order valence-electron chi connectivity index (χ4n) is 4.21. The van der Waals surface area contributed by atoms with Crippen molar-refractivity contribution in [1.82, 2.24) is 5.32 Å². The number of carbonyl (C=O) groups excluding carboxylic acids is 2. The zero-order valence-electron chi connectivity index (χ0n) is 18.9. The van der Waals surface area contributed by atoms with E-state index in [1.165, 1.54) is 12.1 Å². The summed E-state index contributed by atoms with van der Waals surface area (Å²) in [6.45, 7) is 0.570. The average Bonchev–Trinajstić information content (AvgIpc) is 3.17. The first kappa shape index (κ1) is 23.9. The summed E-state index contributed by atoms with van der Waals surface area (Å²) in [7, 11) is 0. The van der Waals surface area contributed by atoms with Crippen LogP contribution in [0, 0.1) is 5.82 Å². The summed E-state index contributed by atoms with van der Waals surface area (Å²) in [6.07, 6.45) is 0.631. The van der Waals surface area contributed by atoms with E-state index in [-0.39, 0.29) is 30.2 Å². The molecule has 0 heterocycles. The Morgan fingerprint density at radius 2 is 1.57 bits per heavy atom. The summed E-state index contributed by atoms with van der Waals surface area (Å²) >= 11 is 0. The maximum atomic E-state index is 13.9. The molecular formula is C27H25FN2O5. The van der Waals surface area contributed by atoms with Crippen molar-refractivity contribution in [3.63, 3.8) is 0 Å². The van der Waals surface area contributed by atoms with E-state index < -0.39 is 23.8 Å². The predicted molar refractivity (Wildman–Crippen MR) is 129 cm³/mol. The van der Waals surface area contributed by atoms with Crippen LogP contribution in [-0.2, 0) is 9.53 Å². The zero-order chi connectivity index (χ0) is 24.8. The Hall–Kier alpha value is -4.20. The van der Waals surface area contributed by atoms with Crippen LogP contribution in [0.25, 0.3) is 11.1 Å². The maximum Gasteiger partial charge on any atom is 0.407 e. The number of hydrogen-bond acceptors (Lipinski definition) is 4. The Morgan fingerprint density at radius 3 is 2.20 bits per heavy atom. The van der Waals surface area contributed by atoms with E-state index in [0.717, 1.165) is 28.3 Å². The Balaban J connectivity index is 1.17. The van der Waals surface area contributed by atoms with Crippen LogP contribution in [0.4, 0.5) is 14.9 Å². The molecule has 0 atom stereocenters. The van der Waals surface area contributed by atoms with Crippen LogP contribution in [0.3, 0.4) is 0 Å². The van der Waals surface area contributed by atoms with Crippen LogP contribution < -0.4 is 10.6 Å². The Kier molecular flexibility index (Phi) is 7.40. The molecule has 8 heteroatoms. The number of halogens is 1. The highest BCUT2D eigenvalue weighted by atomic mass is 19.1. The second kappa shape index (κ2) is 10.8. The molecule has 3 N–H and O–H groups in total. The molecule has 1 aliphatic carbocycles. The SMILES string of the molecule is O=C(CCCCNC(=O)OCC1c2ccccc2-c2ccccc21)Nc1ccc(C(=O)O)cc1F. The quantitative estimate of drug-likeness (QED) is 0.370. The molecule has 0 bridgehead atoms. The second-order valence-corrected chi connectivity index (χ2v) is 8.26. The number of unbranched alkanes of at least 4 members (excludes halogenated alkanes) is 1. The van der Waals surface area contributed by atoms with Crippen molar-refractivity contribution in [2.45, 2.75) is 25.2 Å². The Morgan fingerprint density at radius 1 is 0.914 bits per heavy atom. The zero-order valence-corrected chi connectivity index (χ0v) is 18.9. The number of nitrogens with one attached hydrogen (secondary N) is 2. The highest BCUT2D eigenvalue weighted by molar-refractivity contribution is 5.92. The summed E-state index contributed by atoms with van der Waals surface area (Å²) in [5.74, 6) is -2.46. The van der Waals surface area contributed by atoms with Crippen LogP contribution in [0.2, 0.25) is 0 Å². The number of carbonyl (C=O) groups is 3. The highest BCUT2D eigenvalue weighted by Crippen LogP contribution is 2.44. The minimum atomic E-state index is -1.24. The fourth-order valence-corrected chi connectivity index (χ4v) is 4.21. The van der Waals surface area contributed by atoms with E-state index in [2.05, 4.69) is 34.9 Å². The molecule has 0 unspecified atom stereocenters. The molecule has 0 aliphatic heterocycles. The number of carboxylic acids is 1. The smallest absolute Gasteiger partial charge is 0.407 e. The molecule has 180 valence electrons. The normalized spacial score (nSPS) is 11.9. The third-order valence-corrected chi connectivity index (χ3v) is 5.93. The standard InChI is InChI=1S/C27H25FN2O5/c28-23-15-17(26(32)33)12-13-24(23)30-25(31)11-5-6-14-29-27(34)35-16-22-20-9-3-1-7-18(20)19-8-2-4-10-21(19)22/h1-4,7-10,12-13,15,22H,5-6,11,14,16H2,(H,29,34)(H,30,31)(H,32,33). The van der Waals surface area contributed by atoms with E-state index >= 15 is 0 Å². The summed E-state index contributed by atoms with van der Waals surface area (Å²) < 4.78 is 19.4. The van der Waals surface area contributed by atoms with Gasteiger partial charge in [0.05, 0.1) is 11.3 Å². The largest absolute Gasteiger partial charge is 0.478 e. The molecule has 2 amide bonds. The van der Waals surface area contributed by atoms with Crippen molar-refractivity contribution in [2.75, 3.05) is 18.5 Å². The van der Waals surface area contributed by atoms with Gasteiger partial charge in [-0.25, -0.2) is 14.0 Å². The van der Waals surface area contributed by atoms with Crippen molar-refractivity contribution >= 4 is 23.7 Å². The molecule has 0 radical (unpaired) electrons. The van der Waals surface area contributed by atoms with E-state index in [1.54, 1.807) is 0 Å². The molecule has 0 spiro atoms. The van der Waals surface area contributed by atoms with Crippen molar-refractivity contribution in [1.29, 1.82) is 0 Å².